The molecule has 0 aliphatic carbocycles. The fraction of sp³-hybridized carbons (Fsp3) is 0.923. The lowest BCUT2D eigenvalue weighted by atomic mass is 10.1. The van der Waals surface area contributed by atoms with Crippen molar-refractivity contribution in [2.75, 3.05) is 40.0 Å². The summed E-state index contributed by atoms with van der Waals surface area (Å²) in [5, 5.41) is 11.6. The van der Waals surface area contributed by atoms with E-state index in [1.54, 1.807) is 13.8 Å². The molecule has 0 aliphatic heterocycles. The van der Waals surface area contributed by atoms with E-state index in [-0.39, 0.29) is 12.2 Å². The van der Waals surface area contributed by atoms with Crippen molar-refractivity contribution in [2.24, 2.45) is 0 Å². The van der Waals surface area contributed by atoms with Gasteiger partial charge in [0.2, 0.25) is 0 Å². The first-order valence-corrected chi connectivity index (χ1v) is 6.40. The van der Waals surface area contributed by atoms with E-state index in [2.05, 4.69) is 5.32 Å². The molecule has 0 saturated carbocycles. The molecule has 0 aliphatic rings. The maximum atomic E-state index is 10.4. The maximum Gasteiger partial charge on any atom is 0.329 e. The Morgan fingerprint density at radius 3 is 2.11 bits per heavy atom. The predicted molar refractivity (Wildman–Crippen MR) is 72.4 cm³/mol. The van der Waals surface area contributed by atoms with E-state index < -0.39 is 11.6 Å². The zero-order valence-electron chi connectivity index (χ0n) is 12.6. The molecule has 0 atom stereocenters. The van der Waals surface area contributed by atoms with Crippen LogP contribution in [0.2, 0.25) is 0 Å². The first kappa shape index (κ1) is 18.3. The summed E-state index contributed by atoms with van der Waals surface area (Å²) in [5.74, 6) is -0.983. The van der Waals surface area contributed by atoms with Gasteiger partial charge in [-0.25, -0.2) is 4.79 Å². The Bertz CT molecular complexity index is 266. The third kappa shape index (κ3) is 10.9. The smallest absolute Gasteiger partial charge is 0.329 e. The highest BCUT2D eigenvalue weighted by atomic mass is 16.6. The van der Waals surface area contributed by atoms with E-state index in [1.165, 1.54) is 0 Å². The molecule has 114 valence electrons. The SMILES string of the molecule is CNCCOC(C)(C)COCC(C)(C)OCC(=O)O. The summed E-state index contributed by atoms with van der Waals surface area (Å²) >= 11 is 0. The molecule has 0 heterocycles. The Morgan fingerprint density at radius 2 is 1.63 bits per heavy atom. The molecule has 19 heavy (non-hydrogen) atoms. The normalized spacial score (nSPS) is 12.7. The van der Waals surface area contributed by atoms with E-state index in [1.807, 2.05) is 20.9 Å². The lowest BCUT2D eigenvalue weighted by molar-refractivity contribution is -0.155. The Balaban J connectivity index is 3.89. The number of hydrogen-bond acceptors (Lipinski definition) is 5. The number of aliphatic carboxylic acids is 1. The van der Waals surface area contributed by atoms with Gasteiger partial charge < -0.3 is 24.6 Å². The standard InChI is InChI=1S/C13H27NO5/c1-12(2,18-7-6-14-5)9-17-10-13(3,4)19-8-11(15)16/h14H,6-10H2,1-5H3,(H,15,16). The highest BCUT2D eigenvalue weighted by Gasteiger charge is 2.24. The van der Waals surface area contributed by atoms with Gasteiger partial charge in [0.1, 0.15) is 6.61 Å². The molecule has 6 nitrogen and oxygen atoms in total. The van der Waals surface area contributed by atoms with Crippen LogP contribution in [0.15, 0.2) is 0 Å². The first-order valence-electron chi connectivity index (χ1n) is 6.40. The lowest BCUT2D eigenvalue weighted by Crippen LogP contribution is -2.38. The van der Waals surface area contributed by atoms with E-state index in [0.717, 1.165) is 6.54 Å². The minimum Gasteiger partial charge on any atom is -0.480 e. The van der Waals surface area contributed by atoms with Gasteiger partial charge in [-0.1, -0.05) is 0 Å². The van der Waals surface area contributed by atoms with Crippen molar-refractivity contribution in [1.82, 2.24) is 5.32 Å². The Morgan fingerprint density at radius 1 is 1.11 bits per heavy atom. The molecule has 0 aromatic heterocycles. The summed E-state index contributed by atoms with van der Waals surface area (Å²) in [6, 6.07) is 0. The highest BCUT2D eigenvalue weighted by molar-refractivity contribution is 5.68. The van der Waals surface area contributed by atoms with Crippen molar-refractivity contribution in [3.05, 3.63) is 0 Å². The molecule has 0 spiro atoms. The average Bonchev–Trinajstić information content (AvgIpc) is 2.26. The van der Waals surface area contributed by atoms with Crippen LogP contribution in [0.25, 0.3) is 0 Å². The molecule has 0 amide bonds. The predicted octanol–water partition coefficient (Wildman–Crippen LogP) is 0.897. The zero-order valence-corrected chi connectivity index (χ0v) is 12.6. The van der Waals surface area contributed by atoms with Crippen molar-refractivity contribution >= 4 is 5.97 Å². The number of rotatable bonds is 11. The minimum absolute atomic E-state index is 0.319. The summed E-state index contributed by atoms with van der Waals surface area (Å²) in [6.45, 7) is 9.33. The molecule has 6 heteroatoms. The monoisotopic (exact) mass is 277 g/mol. The van der Waals surface area contributed by atoms with Gasteiger partial charge in [-0.15, -0.1) is 0 Å². The van der Waals surface area contributed by atoms with Gasteiger partial charge >= 0.3 is 5.97 Å². The summed E-state index contributed by atoms with van der Waals surface area (Å²) in [5.41, 5.74) is -1.00. The van der Waals surface area contributed by atoms with Crippen LogP contribution < -0.4 is 5.32 Å². The lowest BCUT2D eigenvalue weighted by Gasteiger charge is -2.29. The molecular formula is C13H27NO5. The molecule has 2 N–H and O–H groups in total. The maximum absolute atomic E-state index is 10.4. The van der Waals surface area contributed by atoms with Crippen LogP contribution in [0, 0.1) is 0 Å². The molecule has 0 rings (SSSR count). The van der Waals surface area contributed by atoms with Crippen molar-refractivity contribution in [3.8, 4) is 0 Å². The Kier molecular flexibility index (Phi) is 8.17. The van der Waals surface area contributed by atoms with E-state index >= 15 is 0 Å². The number of carboxylic acid groups (broad SMARTS) is 1. The third-order valence-electron chi connectivity index (χ3n) is 2.33. The van der Waals surface area contributed by atoms with Gasteiger partial charge in [0.25, 0.3) is 0 Å². The van der Waals surface area contributed by atoms with E-state index in [0.29, 0.717) is 19.8 Å². The van der Waals surface area contributed by atoms with Crippen molar-refractivity contribution in [2.45, 2.75) is 38.9 Å². The van der Waals surface area contributed by atoms with E-state index in [9.17, 15) is 4.79 Å². The van der Waals surface area contributed by atoms with Crippen LogP contribution in [-0.4, -0.2) is 62.3 Å². The van der Waals surface area contributed by atoms with Gasteiger partial charge in [-0.3, -0.25) is 0 Å². The van der Waals surface area contributed by atoms with Crippen molar-refractivity contribution in [3.63, 3.8) is 0 Å². The molecule has 0 radical (unpaired) electrons. The van der Waals surface area contributed by atoms with Crippen LogP contribution in [0.4, 0.5) is 0 Å². The number of carbonyl (C=O) groups is 1. The Labute approximate surface area is 115 Å². The Hall–Kier alpha value is -0.690. The fourth-order valence-electron chi connectivity index (χ4n) is 1.31. The van der Waals surface area contributed by atoms with Gasteiger partial charge in [-0.2, -0.15) is 0 Å². The van der Waals surface area contributed by atoms with Crippen molar-refractivity contribution in [1.29, 1.82) is 0 Å². The molecular weight excluding hydrogens is 250 g/mol. The van der Waals surface area contributed by atoms with Gasteiger partial charge in [0.15, 0.2) is 0 Å². The van der Waals surface area contributed by atoms with Crippen molar-refractivity contribution < 1.29 is 24.1 Å². The number of ether oxygens (including phenoxy) is 3. The van der Waals surface area contributed by atoms with Crippen LogP contribution in [0.3, 0.4) is 0 Å². The van der Waals surface area contributed by atoms with Gasteiger partial charge in [0, 0.05) is 6.54 Å². The number of nitrogens with one attached hydrogen (secondary N) is 1. The largest absolute Gasteiger partial charge is 0.480 e. The van der Waals surface area contributed by atoms with Crippen LogP contribution in [0.1, 0.15) is 27.7 Å². The van der Waals surface area contributed by atoms with Crippen LogP contribution >= 0.6 is 0 Å². The number of likely N-dealkylation sites (N-methyl/N-ethyl adjacent to an activating group) is 1. The van der Waals surface area contributed by atoms with Gasteiger partial charge in [0.05, 0.1) is 31.0 Å². The number of hydrogen-bond donors (Lipinski definition) is 2. The third-order valence-corrected chi connectivity index (χ3v) is 2.33. The fourth-order valence-corrected chi connectivity index (χ4v) is 1.31. The summed E-state index contributed by atoms with van der Waals surface area (Å²) in [7, 11) is 1.87. The molecule has 0 unspecified atom stereocenters. The average molecular weight is 277 g/mol. The number of carboxylic acids is 1. The first-order chi connectivity index (χ1) is 8.68. The second-order valence-corrected chi connectivity index (χ2v) is 5.65. The second kappa shape index (κ2) is 8.47. The molecule has 0 aromatic carbocycles. The zero-order chi connectivity index (χ0) is 14.9. The molecule has 0 bridgehead atoms. The van der Waals surface area contributed by atoms with E-state index in [4.69, 9.17) is 19.3 Å². The summed E-state index contributed by atoms with van der Waals surface area (Å²) in [6.07, 6.45) is 0. The van der Waals surface area contributed by atoms with Gasteiger partial charge in [-0.05, 0) is 34.7 Å². The molecule has 0 fully saturated rings. The van der Waals surface area contributed by atoms with Crippen LogP contribution in [0.5, 0.6) is 0 Å². The summed E-state index contributed by atoms with van der Waals surface area (Å²) in [4.78, 5) is 10.4. The quantitative estimate of drug-likeness (QED) is 0.546. The summed E-state index contributed by atoms with van der Waals surface area (Å²) < 4.78 is 16.5. The van der Waals surface area contributed by atoms with Crippen LogP contribution in [-0.2, 0) is 19.0 Å². The second-order valence-electron chi connectivity index (χ2n) is 5.65. The molecule has 0 aromatic rings. The topological polar surface area (TPSA) is 77.0 Å². The highest BCUT2D eigenvalue weighted by Crippen LogP contribution is 2.13. The molecule has 0 saturated heterocycles. The minimum atomic E-state index is -0.983.